The van der Waals surface area contributed by atoms with Crippen LogP contribution in [0.5, 0.6) is 0 Å². The zero-order valence-corrected chi connectivity index (χ0v) is 9.84. The number of carbonyl (C=O) groups excluding carboxylic acids is 1. The molecule has 98 valence electrons. The number of nitrogens with two attached hydrogens (primary N) is 1. The maximum Gasteiger partial charge on any atom is 0.305 e. The molecule has 1 rings (SSSR count). The molecule has 2 unspecified atom stereocenters. The van der Waals surface area contributed by atoms with Crippen LogP contribution in [-0.2, 0) is 9.59 Å². The first-order valence-electron chi connectivity index (χ1n) is 5.95. The van der Waals surface area contributed by atoms with Crippen molar-refractivity contribution in [3.63, 3.8) is 0 Å². The lowest BCUT2D eigenvalue weighted by Crippen LogP contribution is -2.46. The SMILES string of the molecule is NC(CC(=O)O)C(=O)N1CCCC1CCCO. The van der Waals surface area contributed by atoms with E-state index < -0.39 is 12.0 Å². The van der Waals surface area contributed by atoms with E-state index in [9.17, 15) is 9.59 Å². The summed E-state index contributed by atoms with van der Waals surface area (Å²) in [5.41, 5.74) is 5.57. The van der Waals surface area contributed by atoms with Crippen LogP contribution in [0.2, 0.25) is 0 Å². The van der Waals surface area contributed by atoms with Crippen LogP contribution in [0.4, 0.5) is 0 Å². The number of aliphatic hydroxyl groups excluding tert-OH is 1. The summed E-state index contributed by atoms with van der Waals surface area (Å²) in [6.45, 7) is 0.752. The Morgan fingerprint density at radius 2 is 2.18 bits per heavy atom. The smallest absolute Gasteiger partial charge is 0.305 e. The van der Waals surface area contributed by atoms with Crippen molar-refractivity contribution in [2.24, 2.45) is 5.73 Å². The topological polar surface area (TPSA) is 104 Å². The van der Waals surface area contributed by atoms with E-state index in [0.717, 1.165) is 19.3 Å². The molecule has 0 aliphatic carbocycles. The van der Waals surface area contributed by atoms with Crippen LogP contribution in [0.25, 0.3) is 0 Å². The fraction of sp³-hybridized carbons (Fsp3) is 0.818. The standard InChI is InChI=1S/C11H20N2O4/c12-9(7-10(15)16)11(17)13-5-1-3-8(13)4-2-6-14/h8-9,14H,1-7,12H2,(H,15,16). The molecule has 4 N–H and O–H groups in total. The first-order valence-corrected chi connectivity index (χ1v) is 5.95. The zero-order valence-electron chi connectivity index (χ0n) is 9.84. The number of aliphatic carboxylic acids is 1. The number of carbonyl (C=O) groups is 2. The van der Waals surface area contributed by atoms with Crippen molar-refractivity contribution < 1.29 is 19.8 Å². The molecule has 0 bridgehead atoms. The molecule has 1 aliphatic heterocycles. The van der Waals surface area contributed by atoms with E-state index in [1.165, 1.54) is 0 Å². The monoisotopic (exact) mass is 244 g/mol. The van der Waals surface area contributed by atoms with Gasteiger partial charge in [-0.1, -0.05) is 0 Å². The Morgan fingerprint density at radius 1 is 1.47 bits per heavy atom. The van der Waals surface area contributed by atoms with E-state index in [-0.39, 0.29) is 25.0 Å². The van der Waals surface area contributed by atoms with Crippen LogP contribution < -0.4 is 5.73 Å². The molecule has 0 aromatic rings. The Balaban J connectivity index is 2.51. The molecule has 1 aliphatic rings. The number of nitrogens with zero attached hydrogens (tertiary/aromatic N) is 1. The predicted octanol–water partition coefficient (Wildman–Crippen LogP) is -0.448. The number of carboxylic acid groups (broad SMARTS) is 1. The number of amides is 1. The van der Waals surface area contributed by atoms with E-state index in [0.29, 0.717) is 13.0 Å². The molecule has 6 nitrogen and oxygen atoms in total. The van der Waals surface area contributed by atoms with Crippen molar-refractivity contribution >= 4 is 11.9 Å². The van der Waals surface area contributed by atoms with Gasteiger partial charge in [0.1, 0.15) is 0 Å². The van der Waals surface area contributed by atoms with Gasteiger partial charge in [0.05, 0.1) is 12.5 Å². The van der Waals surface area contributed by atoms with Gasteiger partial charge >= 0.3 is 5.97 Å². The van der Waals surface area contributed by atoms with Gasteiger partial charge in [-0.25, -0.2) is 0 Å². The van der Waals surface area contributed by atoms with Crippen molar-refractivity contribution in [3.8, 4) is 0 Å². The van der Waals surface area contributed by atoms with Gasteiger partial charge in [0.2, 0.25) is 5.91 Å². The molecule has 1 heterocycles. The highest BCUT2D eigenvalue weighted by atomic mass is 16.4. The Labute approximate surface area is 100 Å². The minimum Gasteiger partial charge on any atom is -0.481 e. The van der Waals surface area contributed by atoms with Crippen LogP contribution in [0, 0.1) is 0 Å². The third kappa shape index (κ3) is 3.98. The highest BCUT2D eigenvalue weighted by Crippen LogP contribution is 2.22. The lowest BCUT2D eigenvalue weighted by Gasteiger charge is -2.26. The molecule has 6 heteroatoms. The van der Waals surface area contributed by atoms with Crippen molar-refractivity contribution in [2.75, 3.05) is 13.2 Å². The van der Waals surface area contributed by atoms with Crippen LogP contribution >= 0.6 is 0 Å². The molecular formula is C11H20N2O4. The summed E-state index contributed by atoms with van der Waals surface area (Å²) in [6.07, 6.45) is 2.90. The average molecular weight is 244 g/mol. The third-order valence-electron chi connectivity index (χ3n) is 3.07. The summed E-state index contributed by atoms with van der Waals surface area (Å²) in [5.74, 6) is -1.34. The molecule has 0 aromatic heterocycles. The first-order chi connectivity index (χ1) is 8.06. The third-order valence-corrected chi connectivity index (χ3v) is 3.07. The summed E-state index contributed by atoms with van der Waals surface area (Å²) in [5, 5.41) is 17.4. The summed E-state index contributed by atoms with van der Waals surface area (Å²) < 4.78 is 0. The molecule has 1 amide bonds. The summed E-state index contributed by atoms with van der Waals surface area (Å²) >= 11 is 0. The molecule has 2 atom stereocenters. The quantitative estimate of drug-likeness (QED) is 0.587. The van der Waals surface area contributed by atoms with Crippen LogP contribution in [0.1, 0.15) is 32.1 Å². The Hall–Kier alpha value is -1.14. The molecule has 0 spiro atoms. The van der Waals surface area contributed by atoms with Gasteiger partial charge in [-0.3, -0.25) is 9.59 Å². The lowest BCUT2D eigenvalue weighted by molar-refractivity contribution is -0.142. The van der Waals surface area contributed by atoms with Crippen molar-refractivity contribution in [3.05, 3.63) is 0 Å². The summed E-state index contributed by atoms with van der Waals surface area (Å²) in [6, 6.07) is -0.850. The van der Waals surface area contributed by atoms with Crippen LogP contribution in [0.15, 0.2) is 0 Å². The number of hydrogen-bond donors (Lipinski definition) is 3. The fourth-order valence-electron chi connectivity index (χ4n) is 2.24. The van der Waals surface area contributed by atoms with Gasteiger partial charge in [-0.05, 0) is 25.7 Å². The van der Waals surface area contributed by atoms with Crippen LogP contribution in [0.3, 0.4) is 0 Å². The Bertz CT molecular complexity index is 283. The van der Waals surface area contributed by atoms with E-state index in [1.807, 2.05) is 0 Å². The Morgan fingerprint density at radius 3 is 2.76 bits per heavy atom. The molecular weight excluding hydrogens is 224 g/mol. The second kappa shape index (κ2) is 6.56. The maximum absolute atomic E-state index is 11.9. The van der Waals surface area contributed by atoms with Crippen molar-refractivity contribution in [1.29, 1.82) is 0 Å². The van der Waals surface area contributed by atoms with Gasteiger partial charge in [0, 0.05) is 19.2 Å². The molecule has 0 aromatic carbocycles. The van der Waals surface area contributed by atoms with Gasteiger partial charge in [-0.15, -0.1) is 0 Å². The number of aliphatic hydroxyl groups is 1. The summed E-state index contributed by atoms with van der Waals surface area (Å²) in [4.78, 5) is 24.1. The van der Waals surface area contributed by atoms with E-state index in [1.54, 1.807) is 4.90 Å². The van der Waals surface area contributed by atoms with Crippen LogP contribution in [-0.4, -0.2) is 52.2 Å². The Kier molecular flexibility index (Phi) is 5.37. The minimum absolute atomic E-state index is 0.106. The summed E-state index contributed by atoms with van der Waals surface area (Å²) in [7, 11) is 0. The molecule has 0 saturated carbocycles. The van der Waals surface area contributed by atoms with E-state index in [2.05, 4.69) is 0 Å². The van der Waals surface area contributed by atoms with Gasteiger partial charge in [-0.2, -0.15) is 0 Å². The number of rotatable bonds is 6. The molecule has 0 radical (unpaired) electrons. The maximum atomic E-state index is 11.9. The van der Waals surface area contributed by atoms with Gasteiger partial charge < -0.3 is 20.8 Å². The van der Waals surface area contributed by atoms with Gasteiger partial charge in [0.25, 0.3) is 0 Å². The van der Waals surface area contributed by atoms with E-state index >= 15 is 0 Å². The zero-order chi connectivity index (χ0) is 12.8. The first kappa shape index (κ1) is 13.9. The second-order valence-corrected chi connectivity index (χ2v) is 4.40. The fourth-order valence-corrected chi connectivity index (χ4v) is 2.24. The minimum atomic E-state index is -1.06. The van der Waals surface area contributed by atoms with E-state index in [4.69, 9.17) is 15.9 Å². The van der Waals surface area contributed by atoms with Crippen molar-refractivity contribution in [1.82, 2.24) is 4.90 Å². The lowest BCUT2D eigenvalue weighted by atomic mass is 10.1. The van der Waals surface area contributed by atoms with Crippen molar-refractivity contribution in [2.45, 2.75) is 44.2 Å². The molecule has 17 heavy (non-hydrogen) atoms. The predicted molar refractivity (Wildman–Crippen MR) is 61.3 cm³/mol. The normalized spacial score (nSPS) is 21.5. The highest BCUT2D eigenvalue weighted by molar-refractivity contribution is 5.86. The molecule has 1 saturated heterocycles. The average Bonchev–Trinajstić information content (AvgIpc) is 2.72. The largest absolute Gasteiger partial charge is 0.481 e. The molecule has 1 fully saturated rings. The number of carboxylic acids is 1. The number of likely N-dealkylation sites (tertiary alicyclic amines) is 1. The number of hydrogen-bond acceptors (Lipinski definition) is 4. The second-order valence-electron chi connectivity index (χ2n) is 4.40. The van der Waals surface area contributed by atoms with Gasteiger partial charge in [0.15, 0.2) is 0 Å². The highest BCUT2D eigenvalue weighted by Gasteiger charge is 2.31.